The van der Waals surface area contributed by atoms with Gasteiger partial charge in [0.05, 0.1) is 5.56 Å². The fraction of sp³-hybridized carbons (Fsp3) is 0.118. The second kappa shape index (κ2) is 7.12. The van der Waals surface area contributed by atoms with Gasteiger partial charge in [-0.05, 0) is 40.3 Å². The molecule has 0 N–H and O–H groups in total. The van der Waals surface area contributed by atoms with Gasteiger partial charge in [-0.2, -0.15) is 4.98 Å². The Labute approximate surface area is 156 Å². The molecule has 0 amide bonds. The predicted octanol–water partition coefficient (Wildman–Crippen LogP) is 3.26. The SMILES string of the molecule is Fc1ccccc1-c1noc(Cn2nnnc2Cc2ccc(Br)cc2)n1. The fourth-order valence-electron chi connectivity index (χ4n) is 2.46. The minimum absolute atomic E-state index is 0.195. The molecule has 0 aliphatic heterocycles. The van der Waals surface area contributed by atoms with Crippen LogP contribution in [0.1, 0.15) is 17.3 Å². The number of aromatic nitrogens is 6. The highest BCUT2D eigenvalue weighted by atomic mass is 79.9. The number of hydrogen-bond acceptors (Lipinski definition) is 6. The molecule has 0 saturated carbocycles. The Morgan fingerprint density at radius 1 is 1.08 bits per heavy atom. The smallest absolute Gasteiger partial charge is 0.248 e. The van der Waals surface area contributed by atoms with Crippen LogP contribution in [0.15, 0.2) is 57.5 Å². The van der Waals surface area contributed by atoms with E-state index in [0.717, 1.165) is 10.0 Å². The van der Waals surface area contributed by atoms with Crippen LogP contribution in [0.3, 0.4) is 0 Å². The van der Waals surface area contributed by atoms with Crippen molar-refractivity contribution in [3.05, 3.63) is 76.1 Å². The lowest BCUT2D eigenvalue weighted by Gasteiger charge is -2.02. The highest BCUT2D eigenvalue weighted by Crippen LogP contribution is 2.19. The van der Waals surface area contributed by atoms with E-state index >= 15 is 0 Å². The Morgan fingerprint density at radius 2 is 1.88 bits per heavy atom. The molecule has 9 heteroatoms. The lowest BCUT2D eigenvalue weighted by atomic mass is 10.1. The summed E-state index contributed by atoms with van der Waals surface area (Å²) in [5.41, 5.74) is 1.36. The van der Waals surface area contributed by atoms with Gasteiger partial charge in [0.25, 0.3) is 0 Å². The monoisotopic (exact) mass is 414 g/mol. The molecule has 4 aromatic rings. The molecule has 7 nitrogen and oxygen atoms in total. The largest absolute Gasteiger partial charge is 0.337 e. The quantitative estimate of drug-likeness (QED) is 0.498. The van der Waals surface area contributed by atoms with Gasteiger partial charge in [0, 0.05) is 10.9 Å². The van der Waals surface area contributed by atoms with Crippen LogP contribution in [0.5, 0.6) is 0 Å². The first kappa shape index (κ1) is 16.5. The highest BCUT2D eigenvalue weighted by molar-refractivity contribution is 9.10. The molecule has 0 aliphatic carbocycles. The summed E-state index contributed by atoms with van der Waals surface area (Å²) < 4.78 is 21.6. The molecule has 4 rings (SSSR count). The minimum atomic E-state index is -0.404. The summed E-state index contributed by atoms with van der Waals surface area (Å²) in [7, 11) is 0. The van der Waals surface area contributed by atoms with Gasteiger partial charge >= 0.3 is 0 Å². The van der Waals surface area contributed by atoms with Crippen molar-refractivity contribution in [1.82, 2.24) is 30.3 Å². The van der Waals surface area contributed by atoms with Crippen LogP contribution in [0, 0.1) is 5.82 Å². The first-order valence-corrected chi connectivity index (χ1v) is 8.55. The zero-order valence-corrected chi connectivity index (χ0v) is 15.0. The van der Waals surface area contributed by atoms with Gasteiger partial charge in [-0.25, -0.2) is 9.07 Å². The molecule has 0 saturated heterocycles. The van der Waals surface area contributed by atoms with Gasteiger partial charge in [-0.1, -0.05) is 45.4 Å². The average molecular weight is 415 g/mol. The molecule has 0 aliphatic rings. The Bertz CT molecular complexity index is 1030. The predicted molar refractivity (Wildman–Crippen MR) is 93.6 cm³/mol. The molecule has 0 radical (unpaired) electrons. The Kier molecular flexibility index (Phi) is 4.53. The van der Waals surface area contributed by atoms with Crippen LogP contribution in [0.4, 0.5) is 4.39 Å². The second-order valence-electron chi connectivity index (χ2n) is 5.55. The van der Waals surface area contributed by atoms with Crippen LogP contribution in [-0.2, 0) is 13.0 Å². The Morgan fingerprint density at radius 3 is 2.69 bits per heavy atom. The summed E-state index contributed by atoms with van der Waals surface area (Å²) in [5.74, 6) is 0.754. The zero-order valence-electron chi connectivity index (χ0n) is 13.4. The van der Waals surface area contributed by atoms with E-state index < -0.39 is 5.82 Å². The lowest BCUT2D eigenvalue weighted by molar-refractivity contribution is 0.362. The van der Waals surface area contributed by atoms with Crippen molar-refractivity contribution in [2.45, 2.75) is 13.0 Å². The first-order valence-electron chi connectivity index (χ1n) is 7.76. The van der Waals surface area contributed by atoms with Gasteiger partial charge in [0.1, 0.15) is 12.4 Å². The lowest BCUT2D eigenvalue weighted by Crippen LogP contribution is -2.08. The molecule has 0 spiro atoms. The van der Waals surface area contributed by atoms with Crippen molar-refractivity contribution in [1.29, 1.82) is 0 Å². The summed E-state index contributed by atoms with van der Waals surface area (Å²) >= 11 is 3.41. The van der Waals surface area contributed by atoms with Crippen molar-refractivity contribution in [3.63, 3.8) is 0 Å². The topological polar surface area (TPSA) is 82.5 Å². The normalized spacial score (nSPS) is 11.0. The third-order valence-electron chi connectivity index (χ3n) is 3.75. The summed E-state index contributed by atoms with van der Waals surface area (Å²) in [5, 5.41) is 15.6. The molecule has 130 valence electrons. The van der Waals surface area contributed by atoms with Crippen LogP contribution >= 0.6 is 15.9 Å². The zero-order chi connectivity index (χ0) is 17.9. The third kappa shape index (κ3) is 3.52. The maximum Gasteiger partial charge on any atom is 0.248 e. The molecule has 0 bridgehead atoms. The van der Waals surface area contributed by atoms with Gasteiger partial charge in [-0.15, -0.1) is 5.10 Å². The van der Waals surface area contributed by atoms with E-state index in [1.54, 1.807) is 22.9 Å². The van der Waals surface area contributed by atoms with E-state index in [1.807, 2.05) is 24.3 Å². The Balaban J connectivity index is 1.53. The van der Waals surface area contributed by atoms with Crippen molar-refractivity contribution >= 4 is 15.9 Å². The highest BCUT2D eigenvalue weighted by Gasteiger charge is 2.15. The van der Waals surface area contributed by atoms with Gasteiger partial charge < -0.3 is 4.52 Å². The number of rotatable bonds is 5. The van der Waals surface area contributed by atoms with Gasteiger partial charge in [-0.3, -0.25) is 0 Å². The molecule has 2 heterocycles. The second-order valence-corrected chi connectivity index (χ2v) is 6.46. The molecule has 0 fully saturated rings. The van der Waals surface area contributed by atoms with Gasteiger partial charge in [0.15, 0.2) is 5.82 Å². The van der Waals surface area contributed by atoms with Crippen molar-refractivity contribution in [2.75, 3.05) is 0 Å². The van der Waals surface area contributed by atoms with Gasteiger partial charge in [0.2, 0.25) is 11.7 Å². The molecule has 2 aromatic carbocycles. The minimum Gasteiger partial charge on any atom is -0.337 e. The van der Waals surface area contributed by atoms with E-state index in [0.29, 0.717) is 18.1 Å². The van der Waals surface area contributed by atoms with Crippen LogP contribution in [0.2, 0.25) is 0 Å². The van der Waals surface area contributed by atoms with Crippen LogP contribution < -0.4 is 0 Å². The third-order valence-corrected chi connectivity index (χ3v) is 4.28. The number of hydrogen-bond donors (Lipinski definition) is 0. The van der Waals surface area contributed by atoms with Crippen LogP contribution in [-0.4, -0.2) is 30.3 Å². The van der Waals surface area contributed by atoms with Crippen molar-refractivity contribution in [2.24, 2.45) is 0 Å². The van der Waals surface area contributed by atoms with E-state index in [2.05, 4.69) is 41.6 Å². The number of benzene rings is 2. The van der Waals surface area contributed by atoms with Crippen LogP contribution in [0.25, 0.3) is 11.4 Å². The first-order chi connectivity index (χ1) is 12.7. The number of tetrazole rings is 1. The van der Waals surface area contributed by atoms with Crippen molar-refractivity contribution in [3.8, 4) is 11.4 Å². The van der Waals surface area contributed by atoms with E-state index in [4.69, 9.17) is 4.52 Å². The van der Waals surface area contributed by atoms with E-state index in [9.17, 15) is 4.39 Å². The fourth-order valence-corrected chi connectivity index (χ4v) is 2.72. The maximum absolute atomic E-state index is 13.8. The van der Waals surface area contributed by atoms with E-state index in [-0.39, 0.29) is 17.9 Å². The molecule has 26 heavy (non-hydrogen) atoms. The average Bonchev–Trinajstić information content (AvgIpc) is 3.28. The number of nitrogens with zero attached hydrogens (tertiary/aromatic N) is 6. The maximum atomic E-state index is 13.8. The molecule has 0 atom stereocenters. The molecule has 0 unspecified atom stereocenters. The summed E-state index contributed by atoms with van der Waals surface area (Å²) in [6.07, 6.45) is 0.564. The summed E-state index contributed by atoms with van der Waals surface area (Å²) in [6.45, 7) is 0.209. The Hall–Kier alpha value is -2.94. The summed E-state index contributed by atoms with van der Waals surface area (Å²) in [4.78, 5) is 4.24. The molecular weight excluding hydrogens is 403 g/mol. The molecular formula is C17H12BrFN6O. The van der Waals surface area contributed by atoms with Crippen molar-refractivity contribution < 1.29 is 8.91 Å². The standard InChI is InChI=1S/C17H12BrFN6O/c18-12-7-5-11(6-8-12)9-15-21-23-24-25(15)10-16-20-17(22-26-16)13-3-1-2-4-14(13)19/h1-8H,9-10H2. The molecule has 2 aromatic heterocycles. The summed E-state index contributed by atoms with van der Waals surface area (Å²) in [6, 6.07) is 14.2. The van der Waals surface area contributed by atoms with E-state index in [1.165, 1.54) is 6.07 Å². The number of halogens is 2.